The smallest absolute Gasteiger partial charge is 0.0615 e. The van der Waals surface area contributed by atoms with E-state index in [2.05, 4.69) is 38.1 Å². The lowest BCUT2D eigenvalue weighted by atomic mass is 10.1. The molecule has 1 aromatic rings. The van der Waals surface area contributed by atoms with Crippen molar-refractivity contribution in [3.63, 3.8) is 0 Å². The second-order valence-corrected chi connectivity index (χ2v) is 4.47. The third-order valence-electron chi connectivity index (χ3n) is 1.90. The summed E-state index contributed by atoms with van der Waals surface area (Å²) in [5, 5.41) is 7.64. The summed E-state index contributed by atoms with van der Waals surface area (Å²) in [5.74, 6) is 0. The lowest BCUT2D eigenvalue weighted by molar-refractivity contribution is 0.365. The molecule has 1 heterocycles. The van der Waals surface area contributed by atoms with E-state index in [1.165, 1.54) is 0 Å². The van der Waals surface area contributed by atoms with Gasteiger partial charge in [-0.1, -0.05) is 0 Å². The summed E-state index contributed by atoms with van der Waals surface area (Å²) in [6.45, 7) is 9.62. The Kier molecular flexibility index (Phi) is 3.09. The van der Waals surface area contributed by atoms with Crippen molar-refractivity contribution >= 4 is 0 Å². The van der Waals surface area contributed by atoms with Crippen LogP contribution in [0.5, 0.6) is 0 Å². The fraction of sp³-hybridized carbons (Fsp3) is 0.700. The van der Waals surface area contributed by atoms with Crippen molar-refractivity contribution in [1.29, 1.82) is 0 Å². The van der Waals surface area contributed by atoms with E-state index in [1.807, 2.05) is 23.1 Å². The third-order valence-corrected chi connectivity index (χ3v) is 1.90. The molecule has 0 spiro atoms. The van der Waals surface area contributed by atoms with Gasteiger partial charge in [0.15, 0.2) is 0 Å². The molecule has 0 aromatic carbocycles. The van der Waals surface area contributed by atoms with Crippen LogP contribution >= 0.6 is 0 Å². The molecule has 3 nitrogen and oxygen atoms in total. The molecule has 3 heteroatoms. The molecular weight excluding hydrogens is 162 g/mol. The summed E-state index contributed by atoms with van der Waals surface area (Å²) in [4.78, 5) is 0. The van der Waals surface area contributed by atoms with Gasteiger partial charge < -0.3 is 5.32 Å². The minimum Gasteiger partial charge on any atom is -0.310 e. The number of rotatable bonds is 3. The first kappa shape index (κ1) is 10.3. The molecule has 13 heavy (non-hydrogen) atoms. The molecule has 0 saturated carbocycles. The maximum Gasteiger partial charge on any atom is 0.0615 e. The number of aromatic nitrogens is 2. The molecule has 74 valence electrons. The van der Waals surface area contributed by atoms with Crippen LogP contribution in [-0.2, 0) is 0 Å². The molecule has 1 rings (SSSR count). The Labute approximate surface area is 80.1 Å². The van der Waals surface area contributed by atoms with Crippen LogP contribution in [0.3, 0.4) is 0 Å². The summed E-state index contributed by atoms with van der Waals surface area (Å²) < 4.78 is 1.97. The first-order valence-corrected chi connectivity index (χ1v) is 4.73. The summed E-state index contributed by atoms with van der Waals surface area (Å²) in [6.07, 6.45) is 3.81. The molecule has 1 N–H and O–H groups in total. The molecule has 0 saturated heterocycles. The van der Waals surface area contributed by atoms with Gasteiger partial charge >= 0.3 is 0 Å². The van der Waals surface area contributed by atoms with Gasteiger partial charge in [-0.2, -0.15) is 5.10 Å². The van der Waals surface area contributed by atoms with Crippen LogP contribution in [0.15, 0.2) is 18.5 Å². The lowest BCUT2D eigenvalue weighted by Crippen LogP contribution is -2.39. The van der Waals surface area contributed by atoms with Crippen molar-refractivity contribution in [2.45, 2.75) is 39.3 Å². The molecule has 1 atom stereocenters. The maximum atomic E-state index is 4.19. The number of nitrogens with zero attached hydrogens (tertiary/aromatic N) is 2. The zero-order valence-electron chi connectivity index (χ0n) is 8.91. The van der Waals surface area contributed by atoms with Gasteiger partial charge in [0, 0.05) is 24.5 Å². The average Bonchev–Trinajstić information content (AvgIpc) is 2.50. The highest BCUT2D eigenvalue weighted by molar-refractivity contribution is 4.82. The van der Waals surface area contributed by atoms with E-state index in [4.69, 9.17) is 0 Å². The van der Waals surface area contributed by atoms with Gasteiger partial charge in [0.1, 0.15) is 0 Å². The minimum absolute atomic E-state index is 0.182. The fourth-order valence-electron chi connectivity index (χ4n) is 1.09. The van der Waals surface area contributed by atoms with Crippen LogP contribution in [-0.4, -0.2) is 21.9 Å². The summed E-state index contributed by atoms with van der Waals surface area (Å²) in [7, 11) is 0. The Balaban J connectivity index is 2.39. The molecule has 0 aliphatic heterocycles. The molecule has 0 fully saturated rings. The SMILES string of the molecule is CC(CNC(C)(C)C)n1cccn1. The standard InChI is InChI=1S/C10H19N3/c1-9(8-11-10(2,3)4)13-7-5-6-12-13/h5-7,9,11H,8H2,1-4H3. The highest BCUT2D eigenvalue weighted by atomic mass is 15.3. The van der Waals surface area contributed by atoms with Crippen molar-refractivity contribution in [3.05, 3.63) is 18.5 Å². The predicted molar refractivity (Wildman–Crippen MR) is 54.7 cm³/mol. The monoisotopic (exact) mass is 181 g/mol. The van der Waals surface area contributed by atoms with E-state index >= 15 is 0 Å². The Morgan fingerprint density at radius 2 is 2.15 bits per heavy atom. The van der Waals surface area contributed by atoms with Gasteiger partial charge in [-0.25, -0.2) is 0 Å². The Hall–Kier alpha value is -0.830. The van der Waals surface area contributed by atoms with E-state index in [-0.39, 0.29) is 5.54 Å². The third kappa shape index (κ3) is 3.59. The van der Waals surface area contributed by atoms with Gasteiger partial charge in [-0.05, 0) is 33.8 Å². The average molecular weight is 181 g/mol. The van der Waals surface area contributed by atoms with Gasteiger partial charge in [-0.3, -0.25) is 4.68 Å². The molecule has 0 aliphatic carbocycles. The summed E-state index contributed by atoms with van der Waals surface area (Å²) >= 11 is 0. The van der Waals surface area contributed by atoms with Crippen LogP contribution in [0, 0.1) is 0 Å². The molecular formula is C10H19N3. The predicted octanol–water partition coefficient (Wildman–Crippen LogP) is 1.83. The number of nitrogens with one attached hydrogen (secondary N) is 1. The molecule has 1 aromatic heterocycles. The normalized spacial score (nSPS) is 14.5. The van der Waals surface area contributed by atoms with Gasteiger partial charge in [0.05, 0.1) is 6.04 Å². The van der Waals surface area contributed by atoms with Crippen LogP contribution < -0.4 is 5.32 Å². The van der Waals surface area contributed by atoms with E-state index in [1.54, 1.807) is 0 Å². The minimum atomic E-state index is 0.182. The Morgan fingerprint density at radius 1 is 1.46 bits per heavy atom. The zero-order chi connectivity index (χ0) is 9.90. The highest BCUT2D eigenvalue weighted by Crippen LogP contribution is 2.05. The quantitative estimate of drug-likeness (QED) is 0.771. The van der Waals surface area contributed by atoms with E-state index in [0.29, 0.717) is 6.04 Å². The highest BCUT2D eigenvalue weighted by Gasteiger charge is 2.11. The fourth-order valence-corrected chi connectivity index (χ4v) is 1.09. The van der Waals surface area contributed by atoms with Crippen LogP contribution in [0.1, 0.15) is 33.7 Å². The first-order chi connectivity index (χ1) is 5.99. The Bertz CT molecular complexity index is 233. The first-order valence-electron chi connectivity index (χ1n) is 4.73. The van der Waals surface area contributed by atoms with Crippen molar-refractivity contribution in [2.75, 3.05) is 6.54 Å². The van der Waals surface area contributed by atoms with Crippen molar-refractivity contribution in [1.82, 2.24) is 15.1 Å². The summed E-state index contributed by atoms with van der Waals surface area (Å²) in [5.41, 5.74) is 0.182. The molecule has 1 unspecified atom stereocenters. The van der Waals surface area contributed by atoms with E-state index in [9.17, 15) is 0 Å². The van der Waals surface area contributed by atoms with Crippen LogP contribution in [0.4, 0.5) is 0 Å². The topological polar surface area (TPSA) is 29.9 Å². The van der Waals surface area contributed by atoms with Gasteiger partial charge in [0.25, 0.3) is 0 Å². The number of hydrogen-bond donors (Lipinski definition) is 1. The van der Waals surface area contributed by atoms with Gasteiger partial charge in [0.2, 0.25) is 0 Å². The van der Waals surface area contributed by atoms with Crippen LogP contribution in [0.25, 0.3) is 0 Å². The lowest BCUT2D eigenvalue weighted by Gasteiger charge is -2.23. The second-order valence-electron chi connectivity index (χ2n) is 4.47. The molecule has 0 aliphatic rings. The van der Waals surface area contributed by atoms with Crippen molar-refractivity contribution in [3.8, 4) is 0 Å². The van der Waals surface area contributed by atoms with Crippen molar-refractivity contribution in [2.24, 2.45) is 0 Å². The van der Waals surface area contributed by atoms with Crippen LogP contribution in [0.2, 0.25) is 0 Å². The largest absolute Gasteiger partial charge is 0.310 e. The van der Waals surface area contributed by atoms with E-state index in [0.717, 1.165) is 6.54 Å². The van der Waals surface area contributed by atoms with Crippen molar-refractivity contribution < 1.29 is 0 Å². The molecule has 0 amide bonds. The summed E-state index contributed by atoms with van der Waals surface area (Å²) in [6, 6.07) is 2.36. The second kappa shape index (κ2) is 3.92. The number of hydrogen-bond acceptors (Lipinski definition) is 2. The zero-order valence-corrected chi connectivity index (χ0v) is 8.91. The van der Waals surface area contributed by atoms with E-state index < -0.39 is 0 Å². The maximum absolute atomic E-state index is 4.19. The molecule has 0 radical (unpaired) electrons. The Morgan fingerprint density at radius 3 is 2.62 bits per heavy atom. The molecule has 0 bridgehead atoms. The van der Waals surface area contributed by atoms with Gasteiger partial charge in [-0.15, -0.1) is 0 Å².